The van der Waals surface area contributed by atoms with Gasteiger partial charge in [0.1, 0.15) is 5.84 Å². The summed E-state index contributed by atoms with van der Waals surface area (Å²) in [7, 11) is 0. The molecule has 8 nitrogen and oxygen atoms in total. The number of alkyl halides is 3. The Morgan fingerprint density at radius 2 is 1.74 bits per heavy atom. The summed E-state index contributed by atoms with van der Waals surface area (Å²) in [5.41, 5.74) is 7.36. The number of halogens is 3. The van der Waals surface area contributed by atoms with Gasteiger partial charge in [-0.15, -0.1) is 0 Å². The second kappa shape index (κ2) is 10.9. The smallest absolute Gasteiger partial charge is 0.417 e. The summed E-state index contributed by atoms with van der Waals surface area (Å²) in [5, 5.41) is 10.3. The lowest BCUT2D eigenvalue weighted by Gasteiger charge is -2.11. The number of pyridine rings is 1. The van der Waals surface area contributed by atoms with Crippen LogP contribution in [0.2, 0.25) is 0 Å². The number of esters is 1. The van der Waals surface area contributed by atoms with Crippen molar-refractivity contribution in [3.05, 3.63) is 95.4 Å². The number of nitrogen functional groups attached to an aromatic ring is 1. The summed E-state index contributed by atoms with van der Waals surface area (Å²) < 4.78 is 45.4. The van der Waals surface area contributed by atoms with Crippen LogP contribution in [0.15, 0.2) is 73.1 Å². The number of aromatic nitrogens is 2. The Bertz CT molecular complexity index is 1570. The van der Waals surface area contributed by atoms with Gasteiger partial charge in [-0.2, -0.15) is 13.2 Å². The highest BCUT2D eigenvalue weighted by Crippen LogP contribution is 2.35. The standard InChI is InChI=1S/C27H20F3N5O3/c28-27(29,30)26(37)38-23-20-5-1-2-6-21(20)35(15-3-4-17-7-9-19(10-8-17)24(31)32)22(23)25(36)34-16-18-11-13-33-14-12-18/h1-2,5-14H,15-16H2,(H3,31,32)(H,34,36). The number of benzene rings is 2. The van der Waals surface area contributed by atoms with Crippen LogP contribution in [-0.4, -0.2) is 33.4 Å². The molecular weight excluding hydrogens is 499 g/mol. The lowest BCUT2D eigenvalue weighted by Crippen LogP contribution is -2.30. The highest BCUT2D eigenvalue weighted by Gasteiger charge is 2.42. The molecule has 2 heterocycles. The van der Waals surface area contributed by atoms with Crippen LogP contribution in [0.4, 0.5) is 13.2 Å². The molecule has 0 spiro atoms. The molecule has 0 fully saturated rings. The van der Waals surface area contributed by atoms with Gasteiger partial charge < -0.3 is 20.4 Å². The van der Waals surface area contributed by atoms with Gasteiger partial charge in [0.15, 0.2) is 11.4 Å². The molecule has 0 saturated heterocycles. The van der Waals surface area contributed by atoms with E-state index in [2.05, 4.69) is 22.1 Å². The van der Waals surface area contributed by atoms with Crippen molar-refractivity contribution in [1.29, 1.82) is 5.41 Å². The first-order valence-electron chi connectivity index (χ1n) is 11.2. The number of amidine groups is 1. The van der Waals surface area contributed by atoms with E-state index in [0.29, 0.717) is 22.2 Å². The molecule has 0 bridgehead atoms. The third-order valence-corrected chi connectivity index (χ3v) is 5.43. The van der Waals surface area contributed by atoms with Crippen molar-refractivity contribution in [2.75, 3.05) is 0 Å². The van der Waals surface area contributed by atoms with E-state index in [-0.39, 0.29) is 30.0 Å². The number of nitrogens with one attached hydrogen (secondary N) is 2. The Hall–Kier alpha value is -5.11. The molecule has 0 radical (unpaired) electrons. The van der Waals surface area contributed by atoms with Crippen molar-refractivity contribution in [2.24, 2.45) is 5.73 Å². The fraction of sp³-hybridized carbons (Fsp3) is 0.111. The summed E-state index contributed by atoms with van der Waals surface area (Å²) in [6, 6.07) is 16.2. The minimum absolute atomic E-state index is 0.0592. The van der Waals surface area contributed by atoms with E-state index in [9.17, 15) is 22.8 Å². The summed E-state index contributed by atoms with van der Waals surface area (Å²) >= 11 is 0. The zero-order valence-electron chi connectivity index (χ0n) is 19.7. The van der Waals surface area contributed by atoms with E-state index >= 15 is 0 Å². The molecule has 11 heteroatoms. The summed E-state index contributed by atoms with van der Waals surface area (Å²) in [4.78, 5) is 29.0. The number of hydrogen-bond donors (Lipinski definition) is 3. The highest BCUT2D eigenvalue weighted by atomic mass is 19.4. The van der Waals surface area contributed by atoms with Gasteiger partial charge in [0, 0.05) is 35.5 Å². The Morgan fingerprint density at radius 3 is 2.39 bits per heavy atom. The molecule has 0 aliphatic carbocycles. The Labute approximate surface area is 214 Å². The number of nitrogens with two attached hydrogens (primary N) is 1. The molecule has 38 heavy (non-hydrogen) atoms. The lowest BCUT2D eigenvalue weighted by molar-refractivity contribution is -0.189. The van der Waals surface area contributed by atoms with Gasteiger partial charge >= 0.3 is 12.1 Å². The van der Waals surface area contributed by atoms with Crippen molar-refractivity contribution in [3.63, 3.8) is 0 Å². The van der Waals surface area contributed by atoms with Gasteiger partial charge in [-0.3, -0.25) is 15.2 Å². The summed E-state index contributed by atoms with van der Waals surface area (Å²) in [6.45, 7) is -0.0414. The fourth-order valence-corrected chi connectivity index (χ4v) is 3.64. The maximum atomic E-state index is 13.3. The topological polar surface area (TPSA) is 123 Å². The largest absolute Gasteiger partial charge is 0.491 e. The first-order valence-corrected chi connectivity index (χ1v) is 11.2. The maximum Gasteiger partial charge on any atom is 0.491 e. The van der Waals surface area contributed by atoms with Crippen LogP contribution in [0.25, 0.3) is 10.9 Å². The molecule has 0 atom stereocenters. The van der Waals surface area contributed by atoms with Gasteiger partial charge in [0.25, 0.3) is 5.91 Å². The molecule has 0 aliphatic heterocycles. The van der Waals surface area contributed by atoms with E-state index < -0.39 is 23.8 Å². The normalized spacial score (nSPS) is 10.9. The summed E-state index contributed by atoms with van der Waals surface area (Å²) in [5.74, 6) is 2.01. The number of para-hydroxylation sites is 1. The van der Waals surface area contributed by atoms with Gasteiger partial charge in [0.05, 0.1) is 12.1 Å². The minimum Gasteiger partial charge on any atom is -0.417 e. The molecule has 4 aromatic rings. The molecule has 0 saturated carbocycles. The van der Waals surface area contributed by atoms with Crippen molar-refractivity contribution in [2.45, 2.75) is 19.3 Å². The number of nitrogens with zero attached hydrogens (tertiary/aromatic N) is 2. The lowest BCUT2D eigenvalue weighted by atomic mass is 10.1. The average molecular weight is 519 g/mol. The zero-order valence-corrected chi connectivity index (χ0v) is 19.7. The molecule has 4 rings (SSSR count). The quantitative estimate of drug-likeness (QED) is 0.155. The number of amides is 1. The molecule has 4 N–H and O–H groups in total. The third-order valence-electron chi connectivity index (χ3n) is 5.43. The fourth-order valence-electron chi connectivity index (χ4n) is 3.64. The molecule has 2 aromatic heterocycles. The number of rotatable bonds is 6. The number of ether oxygens (including phenoxy) is 1. The van der Waals surface area contributed by atoms with Crippen LogP contribution in [0.3, 0.4) is 0 Å². The van der Waals surface area contributed by atoms with E-state index in [1.165, 1.54) is 23.0 Å². The molecule has 0 unspecified atom stereocenters. The number of carbonyl (C=O) groups excluding carboxylic acids is 2. The number of fused-ring (bicyclic) bond motifs is 1. The van der Waals surface area contributed by atoms with Crippen molar-refractivity contribution >= 4 is 28.6 Å². The van der Waals surface area contributed by atoms with Crippen LogP contribution in [0.5, 0.6) is 5.75 Å². The van der Waals surface area contributed by atoms with Gasteiger partial charge in [-0.05, 0) is 42.0 Å². The predicted molar refractivity (Wildman–Crippen MR) is 133 cm³/mol. The first-order chi connectivity index (χ1) is 18.1. The molecular formula is C27H20F3N5O3. The molecule has 192 valence electrons. The Kier molecular flexibility index (Phi) is 7.43. The average Bonchev–Trinajstić information content (AvgIpc) is 3.21. The number of carbonyl (C=O) groups is 2. The van der Waals surface area contributed by atoms with Crippen LogP contribution < -0.4 is 15.8 Å². The Balaban J connectivity index is 1.74. The maximum absolute atomic E-state index is 13.3. The van der Waals surface area contributed by atoms with E-state index in [1.807, 2.05) is 0 Å². The second-order valence-electron chi connectivity index (χ2n) is 8.00. The van der Waals surface area contributed by atoms with Crippen molar-refractivity contribution in [1.82, 2.24) is 14.9 Å². The van der Waals surface area contributed by atoms with Crippen LogP contribution in [0, 0.1) is 17.3 Å². The third kappa shape index (κ3) is 5.82. The minimum atomic E-state index is -5.26. The monoisotopic (exact) mass is 519 g/mol. The second-order valence-corrected chi connectivity index (χ2v) is 8.00. The van der Waals surface area contributed by atoms with Gasteiger partial charge in [-0.1, -0.05) is 36.1 Å². The first kappa shape index (κ1) is 26.0. The van der Waals surface area contributed by atoms with Crippen LogP contribution in [0.1, 0.15) is 27.2 Å². The number of hydrogen-bond acceptors (Lipinski definition) is 5. The van der Waals surface area contributed by atoms with Gasteiger partial charge in [-0.25, -0.2) is 4.79 Å². The van der Waals surface area contributed by atoms with Crippen molar-refractivity contribution < 1.29 is 27.5 Å². The zero-order chi connectivity index (χ0) is 27.3. The van der Waals surface area contributed by atoms with Gasteiger partial charge in [0.2, 0.25) is 0 Å². The van der Waals surface area contributed by atoms with E-state index in [4.69, 9.17) is 15.9 Å². The van der Waals surface area contributed by atoms with Crippen LogP contribution >= 0.6 is 0 Å². The molecule has 0 aliphatic rings. The molecule has 1 amide bonds. The Morgan fingerprint density at radius 1 is 1.05 bits per heavy atom. The highest BCUT2D eigenvalue weighted by molar-refractivity contribution is 6.05. The van der Waals surface area contributed by atoms with E-state index in [0.717, 1.165) is 0 Å². The van der Waals surface area contributed by atoms with Crippen molar-refractivity contribution in [3.8, 4) is 17.6 Å². The molecule has 2 aromatic carbocycles. The SMILES string of the molecule is N=C(N)c1ccc(C#CCn2c(C(=O)NCc3ccncc3)c(OC(=O)C(F)(F)F)c3ccccc32)cc1. The van der Waals surface area contributed by atoms with E-state index in [1.54, 1.807) is 54.6 Å². The summed E-state index contributed by atoms with van der Waals surface area (Å²) in [6.07, 6.45) is -2.19. The predicted octanol–water partition coefficient (Wildman–Crippen LogP) is 3.77. The van der Waals surface area contributed by atoms with Crippen LogP contribution in [-0.2, 0) is 17.9 Å².